The van der Waals surface area contributed by atoms with Crippen LogP contribution in [0.25, 0.3) is 11.1 Å². The average molecular weight is 242 g/mol. The van der Waals surface area contributed by atoms with Crippen molar-refractivity contribution in [3.63, 3.8) is 0 Å². The van der Waals surface area contributed by atoms with Crippen LogP contribution in [0.15, 0.2) is 48.8 Å². The predicted octanol–water partition coefficient (Wildman–Crippen LogP) is 3.00. The molecule has 0 saturated heterocycles. The van der Waals surface area contributed by atoms with E-state index >= 15 is 0 Å². The minimum absolute atomic E-state index is 0.203. The Morgan fingerprint density at radius 2 is 1.33 bits per heavy atom. The topological polar surface area (TPSA) is 13.1 Å². The molecule has 0 saturated carbocycles. The van der Waals surface area contributed by atoms with Crippen LogP contribution >= 0.6 is 0 Å². The lowest BCUT2D eigenvalue weighted by Gasteiger charge is -2.19. The maximum absolute atomic E-state index is 5.09. The molecular formula is C16H20NO+. The summed E-state index contributed by atoms with van der Waals surface area (Å²) in [6, 6.07) is 12.9. The molecule has 0 amide bonds. The van der Waals surface area contributed by atoms with Gasteiger partial charge in [0.1, 0.15) is 7.11 Å². The summed E-state index contributed by atoms with van der Waals surface area (Å²) < 4.78 is 1.67. The van der Waals surface area contributed by atoms with Crippen molar-refractivity contribution < 1.29 is 9.57 Å². The zero-order valence-electron chi connectivity index (χ0n) is 11.5. The van der Waals surface area contributed by atoms with E-state index in [9.17, 15) is 0 Å². The second-order valence-electron chi connectivity index (χ2n) is 5.46. The Morgan fingerprint density at radius 1 is 0.833 bits per heavy atom. The van der Waals surface area contributed by atoms with Crippen molar-refractivity contribution in [3.05, 3.63) is 54.4 Å². The molecule has 0 aliphatic heterocycles. The van der Waals surface area contributed by atoms with Crippen LogP contribution in [0.3, 0.4) is 0 Å². The van der Waals surface area contributed by atoms with Crippen LogP contribution in [0, 0.1) is 0 Å². The van der Waals surface area contributed by atoms with Gasteiger partial charge in [0.15, 0.2) is 0 Å². The molecule has 2 nitrogen and oxygen atoms in total. The van der Waals surface area contributed by atoms with Crippen molar-refractivity contribution in [3.8, 4) is 11.1 Å². The third-order valence-electron chi connectivity index (χ3n) is 3.10. The molecule has 0 bridgehead atoms. The molecule has 2 rings (SSSR count). The van der Waals surface area contributed by atoms with Crippen molar-refractivity contribution in [2.24, 2.45) is 0 Å². The maximum Gasteiger partial charge on any atom is 0.223 e. The third-order valence-corrected chi connectivity index (χ3v) is 3.10. The van der Waals surface area contributed by atoms with Gasteiger partial charge in [-0.2, -0.15) is 0 Å². The molecule has 2 heteroatoms. The molecule has 0 unspecified atom stereocenters. The Bertz CT molecular complexity index is 506. The summed E-state index contributed by atoms with van der Waals surface area (Å²) in [6.45, 7) is 6.68. The summed E-state index contributed by atoms with van der Waals surface area (Å²) in [6.07, 6.45) is 3.82. The van der Waals surface area contributed by atoms with E-state index in [0.29, 0.717) is 0 Å². The number of aromatic nitrogens is 1. The molecule has 0 fully saturated rings. The van der Waals surface area contributed by atoms with E-state index in [-0.39, 0.29) is 5.41 Å². The first kappa shape index (κ1) is 12.6. The Morgan fingerprint density at radius 3 is 1.78 bits per heavy atom. The highest BCUT2D eigenvalue weighted by atomic mass is 16.6. The van der Waals surface area contributed by atoms with E-state index in [1.165, 1.54) is 16.7 Å². The normalized spacial score (nSPS) is 11.3. The molecule has 1 aromatic carbocycles. The molecule has 94 valence electrons. The van der Waals surface area contributed by atoms with E-state index in [1.807, 2.05) is 12.4 Å². The van der Waals surface area contributed by atoms with Crippen LogP contribution < -0.4 is 9.57 Å². The van der Waals surface area contributed by atoms with Gasteiger partial charge in [0, 0.05) is 16.9 Å². The van der Waals surface area contributed by atoms with E-state index < -0.39 is 0 Å². The smallest absolute Gasteiger partial charge is 0.223 e. The van der Waals surface area contributed by atoms with Gasteiger partial charge in [-0.15, -0.1) is 0 Å². The van der Waals surface area contributed by atoms with Gasteiger partial charge in [0.2, 0.25) is 12.4 Å². The molecule has 1 aromatic heterocycles. The van der Waals surface area contributed by atoms with Crippen LogP contribution in [0.2, 0.25) is 0 Å². The SMILES string of the molecule is CO[n+]1ccc(-c2ccc(C(C)(C)C)cc2)cc1. The van der Waals surface area contributed by atoms with Crippen LogP contribution in [-0.4, -0.2) is 7.11 Å². The zero-order valence-corrected chi connectivity index (χ0v) is 11.5. The van der Waals surface area contributed by atoms with Crippen molar-refractivity contribution >= 4 is 0 Å². The quantitative estimate of drug-likeness (QED) is 0.738. The van der Waals surface area contributed by atoms with E-state index in [1.54, 1.807) is 11.8 Å². The monoisotopic (exact) mass is 242 g/mol. The lowest BCUT2D eigenvalue weighted by molar-refractivity contribution is -0.885. The standard InChI is InChI=1S/C16H20NO/c1-16(2,3)15-7-5-13(6-8-15)14-9-11-17(18-4)12-10-14/h5-12H,1-4H3/q+1. The van der Waals surface area contributed by atoms with Gasteiger partial charge in [0.05, 0.1) is 0 Å². The predicted molar refractivity (Wildman–Crippen MR) is 73.3 cm³/mol. The van der Waals surface area contributed by atoms with E-state index in [4.69, 9.17) is 4.84 Å². The summed E-state index contributed by atoms with van der Waals surface area (Å²) in [5.74, 6) is 0. The number of pyridine rings is 1. The van der Waals surface area contributed by atoms with Gasteiger partial charge in [-0.1, -0.05) is 45.0 Å². The largest absolute Gasteiger partial charge is 0.275 e. The first-order valence-electron chi connectivity index (χ1n) is 6.17. The summed E-state index contributed by atoms with van der Waals surface area (Å²) in [5, 5.41) is 0. The van der Waals surface area contributed by atoms with Gasteiger partial charge in [-0.05, 0) is 22.1 Å². The summed E-state index contributed by atoms with van der Waals surface area (Å²) >= 11 is 0. The first-order valence-corrected chi connectivity index (χ1v) is 6.17. The average Bonchev–Trinajstić information content (AvgIpc) is 2.38. The molecule has 0 atom stereocenters. The molecule has 0 aliphatic rings. The highest BCUT2D eigenvalue weighted by Crippen LogP contribution is 2.25. The summed E-state index contributed by atoms with van der Waals surface area (Å²) in [4.78, 5) is 5.09. The second-order valence-corrected chi connectivity index (χ2v) is 5.46. The van der Waals surface area contributed by atoms with Crippen LogP contribution in [0.5, 0.6) is 0 Å². The van der Waals surface area contributed by atoms with Crippen LogP contribution in [0.4, 0.5) is 0 Å². The summed E-state index contributed by atoms with van der Waals surface area (Å²) in [7, 11) is 1.65. The molecule has 0 N–H and O–H groups in total. The lowest BCUT2D eigenvalue weighted by atomic mass is 9.86. The minimum Gasteiger partial charge on any atom is -0.275 e. The van der Waals surface area contributed by atoms with Gasteiger partial charge in [0.25, 0.3) is 0 Å². The molecule has 0 radical (unpaired) electrons. The van der Waals surface area contributed by atoms with Crippen LogP contribution in [-0.2, 0) is 5.41 Å². The maximum atomic E-state index is 5.09. The molecule has 0 spiro atoms. The van der Waals surface area contributed by atoms with Crippen molar-refractivity contribution in [2.75, 3.05) is 7.11 Å². The second kappa shape index (κ2) is 4.81. The van der Waals surface area contributed by atoms with E-state index in [0.717, 1.165) is 0 Å². The van der Waals surface area contributed by atoms with Crippen molar-refractivity contribution in [2.45, 2.75) is 26.2 Å². The Labute approximate surface area is 109 Å². The fourth-order valence-electron chi connectivity index (χ4n) is 1.89. The molecule has 1 heterocycles. The number of rotatable bonds is 2. The van der Waals surface area contributed by atoms with Crippen molar-refractivity contribution in [1.29, 1.82) is 0 Å². The van der Waals surface area contributed by atoms with Gasteiger partial charge in [-0.25, -0.2) is 0 Å². The van der Waals surface area contributed by atoms with Gasteiger partial charge < -0.3 is 0 Å². The number of hydrogen-bond acceptors (Lipinski definition) is 1. The highest BCUT2D eigenvalue weighted by Gasteiger charge is 2.13. The highest BCUT2D eigenvalue weighted by molar-refractivity contribution is 5.62. The Hall–Kier alpha value is -1.83. The van der Waals surface area contributed by atoms with Crippen LogP contribution in [0.1, 0.15) is 26.3 Å². The number of nitrogens with zero attached hydrogens (tertiary/aromatic N) is 1. The fourth-order valence-corrected chi connectivity index (χ4v) is 1.89. The van der Waals surface area contributed by atoms with Crippen molar-refractivity contribution in [1.82, 2.24) is 0 Å². The molecular weight excluding hydrogens is 222 g/mol. The molecule has 2 aromatic rings. The fraction of sp³-hybridized carbons (Fsp3) is 0.312. The Kier molecular flexibility index (Phi) is 3.37. The van der Waals surface area contributed by atoms with Gasteiger partial charge >= 0.3 is 0 Å². The number of hydrogen-bond donors (Lipinski definition) is 0. The molecule has 18 heavy (non-hydrogen) atoms. The third kappa shape index (κ3) is 2.70. The number of benzene rings is 1. The zero-order chi connectivity index (χ0) is 13.2. The lowest BCUT2D eigenvalue weighted by Crippen LogP contribution is -2.39. The minimum atomic E-state index is 0.203. The first-order chi connectivity index (χ1) is 8.50. The van der Waals surface area contributed by atoms with E-state index in [2.05, 4.69) is 57.2 Å². The van der Waals surface area contributed by atoms with Gasteiger partial charge in [-0.3, -0.25) is 4.84 Å². The summed E-state index contributed by atoms with van der Waals surface area (Å²) in [5.41, 5.74) is 3.98. The Balaban J connectivity index is 2.28. The molecule has 0 aliphatic carbocycles.